The molecule has 3 aromatic rings. The summed E-state index contributed by atoms with van der Waals surface area (Å²) in [5.41, 5.74) is 1.08. The second kappa shape index (κ2) is 7.99. The van der Waals surface area contributed by atoms with Gasteiger partial charge in [0.15, 0.2) is 0 Å². The molecule has 0 aliphatic rings. The van der Waals surface area contributed by atoms with Crippen LogP contribution in [0.15, 0.2) is 72.4 Å². The van der Waals surface area contributed by atoms with E-state index in [0.717, 1.165) is 10.4 Å². The minimum Gasteiger partial charge on any atom is -0.477 e. The van der Waals surface area contributed by atoms with Crippen LogP contribution < -0.4 is 5.32 Å². The Bertz CT molecular complexity index is 979. The molecule has 0 atom stereocenters. The number of benzene rings is 2. The first kappa shape index (κ1) is 17.9. The lowest BCUT2D eigenvalue weighted by molar-refractivity contribution is -0.132. The molecule has 1 heterocycles. The number of carboxylic acids is 1. The van der Waals surface area contributed by atoms with E-state index >= 15 is 0 Å². The Morgan fingerprint density at radius 1 is 0.962 bits per heavy atom. The number of hydrogen-bond donors (Lipinski definition) is 2. The van der Waals surface area contributed by atoms with Crippen LogP contribution in [0.2, 0.25) is 5.02 Å². The molecule has 0 spiro atoms. The van der Waals surface area contributed by atoms with Crippen LogP contribution in [0, 0.1) is 0 Å². The van der Waals surface area contributed by atoms with Crippen molar-refractivity contribution in [2.75, 3.05) is 0 Å². The third-order valence-corrected chi connectivity index (χ3v) is 4.96. The van der Waals surface area contributed by atoms with Gasteiger partial charge < -0.3 is 10.4 Å². The molecule has 0 aliphatic carbocycles. The zero-order valence-corrected chi connectivity index (χ0v) is 15.1. The van der Waals surface area contributed by atoms with Crippen molar-refractivity contribution >= 4 is 40.9 Å². The quantitative estimate of drug-likeness (QED) is 0.614. The van der Waals surface area contributed by atoms with E-state index in [0.29, 0.717) is 15.5 Å². The summed E-state index contributed by atoms with van der Waals surface area (Å²) < 4.78 is 0. The molecule has 0 radical (unpaired) electrons. The van der Waals surface area contributed by atoms with Crippen molar-refractivity contribution in [3.63, 3.8) is 0 Å². The second-order valence-electron chi connectivity index (χ2n) is 5.37. The number of aliphatic carboxylic acids is 1. The van der Waals surface area contributed by atoms with Gasteiger partial charge in [0.2, 0.25) is 0 Å². The van der Waals surface area contributed by atoms with Gasteiger partial charge in [0.05, 0.1) is 0 Å². The summed E-state index contributed by atoms with van der Waals surface area (Å²) in [6.45, 7) is 0. The van der Waals surface area contributed by atoms with Crippen molar-refractivity contribution in [2.24, 2.45) is 0 Å². The molecule has 130 valence electrons. The summed E-state index contributed by atoms with van der Waals surface area (Å²) in [6, 6.07) is 19.6. The van der Waals surface area contributed by atoms with Crippen molar-refractivity contribution in [3.8, 4) is 10.4 Å². The van der Waals surface area contributed by atoms with Crippen LogP contribution in [0.3, 0.4) is 0 Å². The third kappa shape index (κ3) is 4.20. The third-order valence-electron chi connectivity index (χ3n) is 3.57. The molecule has 2 aromatic carbocycles. The van der Waals surface area contributed by atoms with Crippen molar-refractivity contribution < 1.29 is 14.7 Å². The summed E-state index contributed by atoms with van der Waals surface area (Å²) in [6.07, 6.45) is 1.44. The predicted molar refractivity (Wildman–Crippen MR) is 104 cm³/mol. The largest absolute Gasteiger partial charge is 0.477 e. The van der Waals surface area contributed by atoms with Gasteiger partial charge in [-0.2, -0.15) is 0 Å². The lowest BCUT2D eigenvalue weighted by atomic mass is 10.2. The number of nitrogens with one attached hydrogen (secondary N) is 1. The fourth-order valence-electron chi connectivity index (χ4n) is 2.31. The first-order chi connectivity index (χ1) is 12.5. The lowest BCUT2D eigenvalue weighted by Crippen LogP contribution is -2.27. The monoisotopic (exact) mass is 383 g/mol. The minimum atomic E-state index is -1.21. The second-order valence-corrected chi connectivity index (χ2v) is 6.89. The van der Waals surface area contributed by atoms with E-state index in [-0.39, 0.29) is 5.70 Å². The van der Waals surface area contributed by atoms with Crippen LogP contribution in [0.5, 0.6) is 0 Å². The van der Waals surface area contributed by atoms with E-state index in [1.54, 1.807) is 42.5 Å². The molecule has 4 nitrogen and oxygen atoms in total. The molecule has 3 rings (SSSR count). The highest BCUT2D eigenvalue weighted by Crippen LogP contribution is 2.33. The van der Waals surface area contributed by atoms with E-state index in [9.17, 15) is 14.7 Å². The Balaban J connectivity index is 1.85. The maximum Gasteiger partial charge on any atom is 0.352 e. The number of carbonyl (C=O) groups excluding carboxylic acids is 1. The summed E-state index contributed by atoms with van der Waals surface area (Å²) in [5.74, 6) is -1.68. The number of carboxylic acid groups (broad SMARTS) is 1. The Labute approximate surface area is 159 Å². The molecular formula is C20H14ClNO3S. The van der Waals surface area contributed by atoms with Crippen molar-refractivity contribution in [1.82, 2.24) is 5.32 Å². The molecule has 2 N–H and O–H groups in total. The highest BCUT2D eigenvalue weighted by molar-refractivity contribution is 7.16. The van der Waals surface area contributed by atoms with Gasteiger partial charge in [-0.05, 0) is 36.4 Å². The van der Waals surface area contributed by atoms with Crippen LogP contribution in [0.4, 0.5) is 0 Å². The number of amides is 1. The highest BCUT2D eigenvalue weighted by Gasteiger charge is 2.14. The van der Waals surface area contributed by atoms with E-state index < -0.39 is 11.9 Å². The molecule has 1 amide bonds. The average molecular weight is 384 g/mol. The van der Waals surface area contributed by atoms with E-state index in [1.807, 2.05) is 24.3 Å². The van der Waals surface area contributed by atoms with Crippen molar-refractivity contribution in [1.29, 1.82) is 0 Å². The Kier molecular flexibility index (Phi) is 5.51. The molecule has 0 bridgehead atoms. The number of rotatable bonds is 5. The Morgan fingerprint density at radius 3 is 2.35 bits per heavy atom. The van der Waals surface area contributed by atoms with Gasteiger partial charge in [-0.1, -0.05) is 48.0 Å². The van der Waals surface area contributed by atoms with E-state index in [4.69, 9.17) is 11.6 Å². The lowest BCUT2D eigenvalue weighted by Gasteiger charge is -2.05. The Morgan fingerprint density at radius 2 is 1.65 bits per heavy atom. The molecule has 0 saturated carbocycles. The van der Waals surface area contributed by atoms with Crippen molar-refractivity contribution in [3.05, 3.63) is 87.9 Å². The highest BCUT2D eigenvalue weighted by atomic mass is 35.5. The normalized spacial score (nSPS) is 11.2. The molecule has 0 saturated heterocycles. The number of halogens is 1. The van der Waals surface area contributed by atoms with Crippen LogP contribution in [-0.2, 0) is 4.79 Å². The summed E-state index contributed by atoms with van der Waals surface area (Å²) in [7, 11) is 0. The van der Waals surface area contributed by atoms with Gasteiger partial charge in [0, 0.05) is 25.9 Å². The predicted octanol–water partition coefficient (Wildman–Crippen LogP) is 4.92. The SMILES string of the molecule is O=C(O)C(=Cc1ccc(-c2ccccc2Cl)s1)NC(=O)c1ccccc1. The Hall–Kier alpha value is -2.89. The first-order valence-electron chi connectivity index (χ1n) is 7.71. The van der Waals surface area contributed by atoms with Gasteiger partial charge in [0.25, 0.3) is 5.91 Å². The fourth-order valence-corrected chi connectivity index (χ4v) is 3.60. The maximum atomic E-state index is 12.2. The van der Waals surface area contributed by atoms with Crippen LogP contribution >= 0.6 is 22.9 Å². The van der Waals surface area contributed by atoms with Crippen molar-refractivity contribution in [2.45, 2.75) is 0 Å². The zero-order chi connectivity index (χ0) is 18.5. The molecule has 26 heavy (non-hydrogen) atoms. The molecule has 0 aliphatic heterocycles. The average Bonchev–Trinajstić information content (AvgIpc) is 3.10. The molecular weight excluding hydrogens is 370 g/mol. The molecule has 1 aromatic heterocycles. The fraction of sp³-hybridized carbons (Fsp3) is 0. The topological polar surface area (TPSA) is 66.4 Å². The molecule has 0 fully saturated rings. The number of thiophene rings is 1. The summed E-state index contributed by atoms with van der Waals surface area (Å²) >= 11 is 7.59. The molecule has 6 heteroatoms. The number of carbonyl (C=O) groups is 2. The van der Waals surface area contributed by atoms with Crippen LogP contribution in [0.25, 0.3) is 16.5 Å². The summed E-state index contributed by atoms with van der Waals surface area (Å²) in [5, 5.41) is 12.5. The van der Waals surface area contributed by atoms with Gasteiger partial charge in [-0.3, -0.25) is 4.79 Å². The van der Waals surface area contributed by atoms with Gasteiger partial charge >= 0.3 is 5.97 Å². The summed E-state index contributed by atoms with van der Waals surface area (Å²) in [4.78, 5) is 25.3. The number of hydrogen-bond acceptors (Lipinski definition) is 3. The van der Waals surface area contributed by atoms with E-state index in [1.165, 1.54) is 17.4 Å². The van der Waals surface area contributed by atoms with Crippen LogP contribution in [-0.4, -0.2) is 17.0 Å². The van der Waals surface area contributed by atoms with Crippen LogP contribution in [0.1, 0.15) is 15.2 Å². The van der Waals surface area contributed by atoms with Gasteiger partial charge in [-0.25, -0.2) is 4.79 Å². The van der Waals surface area contributed by atoms with Gasteiger partial charge in [0.1, 0.15) is 5.70 Å². The first-order valence-corrected chi connectivity index (χ1v) is 8.90. The van der Waals surface area contributed by atoms with E-state index in [2.05, 4.69) is 5.32 Å². The van der Waals surface area contributed by atoms with Gasteiger partial charge in [-0.15, -0.1) is 11.3 Å². The smallest absolute Gasteiger partial charge is 0.352 e. The maximum absolute atomic E-state index is 12.2. The standard InChI is InChI=1S/C20H14ClNO3S/c21-16-9-5-4-8-15(16)18-11-10-14(26-18)12-17(20(24)25)22-19(23)13-6-2-1-3-7-13/h1-12H,(H,22,23)(H,24,25). The molecule has 0 unspecified atom stereocenters. The minimum absolute atomic E-state index is 0.189. The zero-order valence-electron chi connectivity index (χ0n) is 13.5.